The quantitative estimate of drug-likeness (QED) is 0.892. The number of carbonyl (C=O) groups excluding carboxylic acids is 1. The SMILES string of the molecule is CCCOC(=O)NCc1cccc2ccccc12. The van der Waals surface area contributed by atoms with Gasteiger partial charge >= 0.3 is 6.09 Å². The van der Waals surface area contributed by atoms with Gasteiger partial charge < -0.3 is 10.1 Å². The molecule has 0 aliphatic heterocycles. The van der Waals surface area contributed by atoms with Crippen molar-refractivity contribution < 1.29 is 9.53 Å². The molecule has 0 saturated heterocycles. The average molecular weight is 243 g/mol. The molecule has 0 radical (unpaired) electrons. The maximum atomic E-state index is 11.4. The number of ether oxygens (including phenoxy) is 1. The molecule has 3 nitrogen and oxygen atoms in total. The topological polar surface area (TPSA) is 38.3 Å². The molecule has 0 unspecified atom stereocenters. The van der Waals surface area contributed by atoms with Gasteiger partial charge in [-0.1, -0.05) is 49.4 Å². The number of hydrogen-bond acceptors (Lipinski definition) is 2. The zero-order valence-corrected chi connectivity index (χ0v) is 10.5. The third kappa shape index (κ3) is 3.00. The Bertz CT molecular complexity index is 532. The largest absolute Gasteiger partial charge is 0.450 e. The van der Waals surface area contributed by atoms with Crippen LogP contribution in [0.1, 0.15) is 18.9 Å². The predicted octanol–water partition coefficient (Wildman–Crippen LogP) is 3.48. The molecule has 2 aromatic carbocycles. The molecule has 3 heteroatoms. The molecule has 0 bridgehead atoms. The second kappa shape index (κ2) is 6.05. The van der Waals surface area contributed by atoms with Crippen molar-refractivity contribution in [1.82, 2.24) is 5.32 Å². The molecule has 2 aromatic rings. The number of benzene rings is 2. The van der Waals surface area contributed by atoms with E-state index in [0.29, 0.717) is 13.2 Å². The molecule has 94 valence electrons. The van der Waals surface area contributed by atoms with Crippen molar-refractivity contribution in [2.75, 3.05) is 6.61 Å². The van der Waals surface area contributed by atoms with Crippen LogP contribution in [0, 0.1) is 0 Å². The van der Waals surface area contributed by atoms with Gasteiger partial charge in [0.1, 0.15) is 0 Å². The van der Waals surface area contributed by atoms with Gasteiger partial charge in [0.15, 0.2) is 0 Å². The van der Waals surface area contributed by atoms with E-state index in [1.54, 1.807) is 0 Å². The van der Waals surface area contributed by atoms with Crippen LogP contribution in [0.2, 0.25) is 0 Å². The Morgan fingerprint density at radius 3 is 2.78 bits per heavy atom. The molecular weight excluding hydrogens is 226 g/mol. The molecular formula is C15H17NO2. The standard InChI is InChI=1S/C15H17NO2/c1-2-10-18-15(17)16-11-13-8-5-7-12-6-3-4-9-14(12)13/h3-9H,2,10-11H2,1H3,(H,16,17). The van der Waals surface area contributed by atoms with Gasteiger partial charge in [0.25, 0.3) is 0 Å². The fourth-order valence-corrected chi connectivity index (χ4v) is 1.86. The summed E-state index contributed by atoms with van der Waals surface area (Å²) in [5, 5.41) is 5.11. The van der Waals surface area contributed by atoms with E-state index in [9.17, 15) is 4.79 Å². The first-order valence-corrected chi connectivity index (χ1v) is 6.18. The fraction of sp³-hybridized carbons (Fsp3) is 0.267. The molecule has 0 saturated carbocycles. The average Bonchev–Trinajstić information content (AvgIpc) is 2.42. The Morgan fingerprint density at radius 2 is 1.94 bits per heavy atom. The van der Waals surface area contributed by atoms with Crippen LogP contribution < -0.4 is 5.32 Å². The highest BCUT2D eigenvalue weighted by Crippen LogP contribution is 2.18. The van der Waals surface area contributed by atoms with E-state index in [1.165, 1.54) is 5.39 Å². The Labute approximate surface area is 107 Å². The zero-order chi connectivity index (χ0) is 12.8. The molecule has 18 heavy (non-hydrogen) atoms. The Kier molecular flexibility index (Phi) is 4.18. The van der Waals surface area contributed by atoms with E-state index in [2.05, 4.69) is 23.5 Å². The van der Waals surface area contributed by atoms with Crippen molar-refractivity contribution in [2.24, 2.45) is 0 Å². The lowest BCUT2D eigenvalue weighted by atomic mass is 10.0. The van der Waals surface area contributed by atoms with E-state index in [0.717, 1.165) is 17.4 Å². The van der Waals surface area contributed by atoms with Gasteiger partial charge in [-0.2, -0.15) is 0 Å². The summed E-state index contributed by atoms with van der Waals surface area (Å²) in [5.41, 5.74) is 1.10. The van der Waals surface area contributed by atoms with Gasteiger partial charge in [-0.15, -0.1) is 0 Å². The van der Waals surface area contributed by atoms with Crippen LogP contribution in [-0.4, -0.2) is 12.7 Å². The van der Waals surface area contributed by atoms with Gasteiger partial charge in [0, 0.05) is 6.54 Å². The number of alkyl carbamates (subject to hydrolysis) is 1. The van der Waals surface area contributed by atoms with E-state index in [-0.39, 0.29) is 6.09 Å². The monoisotopic (exact) mass is 243 g/mol. The second-order valence-electron chi connectivity index (χ2n) is 4.13. The molecule has 2 rings (SSSR count). The first-order valence-electron chi connectivity index (χ1n) is 6.18. The highest BCUT2D eigenvalue weighted by Gasteiger charge is 2.03. The molecule has 0 aliphatic rings. The third-order valence-corrected chi connectivity index (χ3v) is 2.74. The number of hydrogen-bond donors (Lipinski definition) is 1. The van der Waals surface area contributed by atoms with Crippen LogP contribution in [-0.2, 0) is 11.3 Å². The van der Waals surface area contributed by atoms with Crippen LogP contribution in [0.5, 0.6) is 0 Å². The minimum Gasteiger partial charge on any atom is -0.450 e. The molecule has 1 N–H and O–H groups in total. The van der Waals surface area contributed by atoms with Crippen LogP contribution in [0.15, 0.2) is 42.5 Å². The summed E-state index contributed by atoms with van der Waals surface area (Å²) in [6.45, 7) is 2.92. The van der Waals surface area contributed by atoms with E-state index < -0.39 is 0 Å². The van der Waals surface area contributed by atoms with Gasteiger partial charge in [0.2, 0.25) is 0 Å². The zero-order valence-electron chi connectivity index (χ0n) is 10.5. The van der Waals surface area contributed by atoms with Crippen molar-refractivity contribution in [3.63, 3.8) is 0 Å². The predicted molar refractivity (Wildman–Crippen MR) is 72.4 cm³/mol. The summed E-state index contributed by atoms with van der Waals surface area (Å²) >= 11 is 0. The van der Waals surface area contributed by atoms with Gasteiger partial charge in [-0.25, -0.2) is 4.79 Å². The summed E-state index contributed by atoms with van der Waals surface area (Å²) < 4.78 is 4.97. The van der Waals surface area contributed by atoms with Gasteiger partial charge in [0.05, 0.1) is 6.61 Å². The van der Waals surface area contributed by atoms with E-state index in [1.807, 2.05) is 31.2 Å². The lowest BCUT2D eigenvalue weighted by Gasteiger charge is -2.08. The molecule has 0 aromatic heterocycles. The number of rotatable bonds is 4. The minimum atomic E-state index is -0.357. The summed E-state index contributed by atoms with van der Waals surface area (Å²) in [4.78, 5) is 11.4. The third-order valence-electron chi connectivity index (χ3n) is 2.74. The normalized spacial score (nSPS) is 10.3. The molecule has 0 heterocycles. The van der Waals surface area contributed by atoms with Crippen LogP contribution in [0.3, 0.4) is 0 Å². The smallest absolute Gasteiger partial charge is 0.407 e. The second-order valence-corrected chi connectivity index (χ2v) is 4.13. The number of amides is 1. The lowest BCUT2D eigenvalue weighted by molar-refractivity contribution is 0.146. The van der Waals surface area contributed by atoms with Gasteiger partial charge in [-0.05, 0) is 22.8 Å². The highest BCUT2D eigenvalue weighted by atomic mass is 16.5. The first-order chi connectivity index (χ1) is 8.81. The molecule has 1 amide bonds. The van der Waals surface area contributed by atoms with Crippen LogP contribution >= 0.6 is 0 Å². The summed E-state index contributed by atoms with van der Waals surface area (Å²) in [6.07, 6.45) is 0.478. The minimum absolute atomic E-state index is 0.357. The van der Waals surface area contributed by atoms with Crippen molar-refractivity contribution >= 4 is 16.9 Å². The number of carbonyl (C=O) groups is 1. The summed E-state index contributed by atoms with van der Waals surface area (Å²) in [7, 11) is 0. The first kappa shape index (κ1) is 12.4. The van der Waals surface area contributed by atoms with Crippen LogP contribution in [0.25, 0.3) is 10.8 Å². The van der Waals surface area contributed by atoms with Crippen molar-refractivity contribution in [1.29, 1.82) is 0 Å². The lowest BCUT2D eigenvalue weighted by Crippen LogP contribution is -2.24. The van der Waals surface area contributed by atoms with Crippen LogP contribution in [0.4, 0.5) is 4.79 Å². The maximum Gasteiger partial charge on any atom is 0.407 e. The fourth-order valence-electron chi connectivity index (χ4n) is 1.86. The Morgan fingerprint density at radius 1 is 1.17 bits per heavy atom. The van der Waals surface area contributed by atoms with Crippen molar-refractivity contribution in [3.05, 3.63) is 48.0 Å². The van der Waals surface area contributed by atoms with E-state index in [4.69, 9.17) is 4.74 Å². The maximum absolute atomic E-state index is 11.4. The number of nitrogens with one attached hydrogen (secondary N) is 1. The Balaban J connectivity index is 2.05. The molecule has 0 aliphatic carbocycles. The summed E-state index contributed by atoms with van der Waals surface area (Å²) in [5.74, 6) is 0. The summed E-state index contributed by atoms with van der Waals surface area (Å²) in [6, 6.07) is 14.2. The van der Waals surface area contributed by atoms with Gasteiger partial charge in [-0.3, -0.25) is 0 Å². The van der Waals surface area contributed by atoms with Crippen molar-refractivity contribution in [2.45, 2.75) is 19.9 Å². The number of fused-ring (bicyclic) bond motifs is 1. The van der Waals surface area contributed by atoms with Crippen molar-refractivity contribution in [3.8, 4) is 0 Å². The molecule has 0 spiro atoms. The Hall–Kier alpha value is -2.03. The van der Waals surface area contributed by atoms with E-state index >= 15 is 0 Å². The highest BCUT2D eigenvalue weighted by molar-refractivity contribution is 5.85. The molecule has 0 atom stereocenters. The molecule has 0 fully saturated rings.